The number of fused-ring (bicyclic) bond motifs is 7. The summed E-state index contributed by atoms with van der Waals surface area (Å²) in [5, 5.41) is 2.23. The van der Waals surface area contributed by atoms with E-state index in [1.165, 1.54) is 74.0 Å². The molecule has 1 aromatic heterocycles. The van der Waals surface area contributed by atoms with Crippen LogP contribution in [0.5, 0.6) is 0 Å². The normalized spacial score (nSPS) is 12.5. The van der Waals surface area contributed by atoms with Gasteiger partial charge in [-0.1, -0.05) is 160 Å². The molecule has 0 saturated carbocycles. The summed E-state index contributed by atoms with van der Waals surface area (Å²) in [6.07, 6.45) is 6.75. The van der Waals surface area contributed by atoms with Crippen molar-refractivity contribution in [1.29, 1.82) is 0 Å². The first kappa shape index (κ1) is 44.4. The molecule has 13 rings (SSSR count). The van der Waals surface area contributed by atoms with Crippen molar-refractivity contribution >= 4 is 85.2 Å². The number of aryl methyl sites for hydroxylation is 2. The van der Waals surface area contributed by atoms with Crippen molar-refractivity contribution < 1.29 is 4.42 Å². The van der Waals surface area contributed by atoms with Crippen molar-refractivity contribution in [2.75, 3.05) is 14.6 Å². The highest BCUT2D eigenvalue weighted by Gasteiger charge is 2.46. The molecule has 0 radical (unpaired) electrons. The van der Waals surface area contributed by atoms with Crippen LogP contribution in [0.15, 0.2) is 235 Å². The molecule has 2 aliphatic heterocycles. The van der Waals surface area contributed by atoms with Gasteiger partial charge in [0, 0.05) is 67.8 Å². The van der Waals surface area contributed by atoms with Crippen LogP contribution in [0.2, 0.25) is 0 Å². The van der Waals surface area contributed by atoms with Gasteiger partial charge in [0.05, 0.1) is 5.69 Å². The summed E-state index contributed by atoms with van der Waals surface area (Å²) >= 11 is 0. The van der Waals surface area contributed by atoms with Gasteiger partial charge in [-0.05, 0) is 161 Å². The maximum Gasteiger partial charge on any atom is 0.333 e. The molecule has 0 unspecified atom stereocenters. The lowest BCUT2D eigenvalue weighted by molar-refractivity contribution is 0.669. The standard InChI is InChI=1S/C68H56BN3O/c1-3-5-21-47-33-36-53(37-34-47)70(52-27-15-9-16-28-52)55-38-40-63-61(44-55)69-68-60(58-45-59-56-31-19-20-32-66(56)73-67(59)46-64(58)72(69)54-29-17-10-18-30-54)42-51(49-23-11-7-12-24-49)43-65(68)71(63)62-39-35-48(22-6-4-2)41-57(62)50-25-13-8-14-26-50/h7-20,23-46H,3-6,21-22H2,1-2H3. The van der Waals surface area contributed by atoms with Gasteiger partial charge < -0.3 is 19.0 Å². The Kier molecular flexibility index (Phi) is 11.5. The van der Waals surface area contributed by atoms with Gasteiger partial charge in [-0.3, -0.25) is 0 Å². The van der Waals surface area contributed by atoms with Crippen LogP contribution in [-0.2, 0) is 12.8 Å². The van der Waals surface area contributed by atoms with Gasteiger partial charge in [0.15, 0.2) is 0 Å². The summed E-state index contributed by atoms with van der Waals surface area (Å²) in [6, 6.07) is 85.6. The quantitative estimate of drug-likeness (QED) is 0.107. The number of unbranched alkanes of at least 4 members (excludes halogenated alkanes) is 2. The van der Waals surface area contributed by atoms with Crippen molar-refractivity contribution in [1.82, 2.24) is 0 Å². The minimum Gasteiger partial charge on any atom is -0.456 e. The fourth-order valence-electron chi connectivity index (χ4n) is 11.6. The van der Waals surface area contributed by atoms with Crippen molar-refractivity contribution in [3.8, 4) is 33.4 Å². The molecular formula is C68H56BN3O. The molecule has 0 saturated heterocycles. The maximum absolute atomic E-state index is 6.76. The van der Waals surface area contributed by atoms with E-state index in [2.05, 4.69) is 259 Å². The zero-order valence-electron chi connectivity index (χ0n) is 41.5. The fraction of sp³-hybridized carbons (Fsp3) is 0.118. The average Bonchev–Trinajstić information content (AvgIpc) is 3.82. The zero-order chi connectivity index (χ0) is 48.8. The van der Waals surface area contributed by atoms with Gasteiger partial charge in [0.2, 0.25) is 0 Å². The van der Waals surface area contributed by atoms with Crippen LogP contribution in [0.25, 0.3) is 55.3 Å². The molecule has 0 spiro atoms. The third-order valence-corrected chi connectivity index (χ3v) is 15.2. The van der Waals surface area contributed by atoms with Crippen LogP contribution in [0.1, 0.15) is 50.7 Å². The number of benzene rings is 10. The smallest absolute Gasteiger partial charge is 0.333 e. The van der Waals surface area contributed by atoms with Crippen LogP contribution in [0.3, 0.4) is 0 Å². The topological polar surface area (TPSA) is 22.9 Å². The zero-order valence-corrected chi connectivity index (χ0v) is 41.5. The van der Waals surface area contributed by atoms with Gasteiger partial charge in [0.25, 0.3) is 0 Å². The van der Waals surface area contributed by atoms with E-state index in [0.29, 0.717) is 0 Å². The predicted octanol–water partition coefficient (Wildman–Crippen LogP) is 17.8. The molecule has 0 N–H and O–H groups in total. The fourth-order valence-corrected chi connectivity index (χ4v) is 11.6. The number of anilines is 8. The number of para-hydroxylation sites is 3. The molecule has 3 heterocycles. The lowest BCUT2D eigenvalue weighted by Gasteiger charge is -2.46. The van der Waals surface area contributed by atoms with Gasteiger partial charge in [-0.15, -0.1) is 0 Å². The second kappa shape index (κ2) is 18.9. The number of rotatable bonds is 13. The molecule has 0 aliphatic carbocycles. The van der Waals surface area contributed by atoms with E-state index in [0.717, 1.165) is 87.4 Å². The lowest BCUT2D eigenvalue weighted by atomic mass is 9.43. The van der Waals surface area contributed by atoms with Gasteiger partial charge in [-0.25, -0.2) is 0 Å². The number of hydrogen-bond donors (Lipinski definition) is 0. The van der Waals surface area contributed by atoms with Gasteiger partial charge >= 0.3 is 6.85 Å². The molecule has 4 nitrogen and oxygen atoms in total. The Bertz CT molecular complexity index is 3780. The second-order valence-corrected chi connectivity index (χ2v) is 19.7. The van der Waals surface area contributed by atoms with E-state index in [1.54, 1.807) is 0 Å². The highest BCUT2D eigenvalue weighted by molar-refractivity contribution is 6.93. The highest BCUT2D eigenvalue weighted by atomic mass is 16.3. The number of nitrogens with zero attached hydrogens (tertiary/aromatic N) is 3. The van der Waals surface area contributed by atoms with Crippen LogP contribution in [0, 0.1) is 0 Å². The van der Waals surface area contributed by atoms with Crippen molar-refractivity contribution in [2.45, 2.75) is 52.4 Å². The minimum atomic E-state index is -0.226. The van der Waals surface area contributed by atoms with Crippen molar-refractivity contribution in [2.24, 2.45) is 0 Å². The van der Waals surface area contributed by atoms with Crippen molar-refractivity contribution in [3.05, 3.63) is 242 Å². The van der Waals surface area contributed by atoms with Gasteiger partial charge in [-0.2, -0.15) is 0 Å². The first-order valence-corrected chi connectivity index (χ1v) is 26.2. The van der Waals surface area contributed by atoms with Crippen molar-refractivity contribution in [3.63, 3.8) is 0 Å². The summed E-state index contributed by atoms with van der Waals surface area (Å²) in [6.45, 7) is 4.32. The summed E-state index contributed by atoms with van der Waals surface area (Å²) in [5.74, 6) is 0. The largest absolute Gasteiger partial charge is 0.456 e. The molecule has 352 valence electrons. The Morgan fingerprint density at radius 3 is 1.77 bits per heavy atom. The lowest BCUT2D eigenvalue weighted by Crippen LogP contribution is -2.61. The van der Waals surface area contributed by atoms with Crippen LogP contribution >= 0.6 is 0 Å². The van der Waals surface area contributed by atoms with E-state index in [4.69, 9.17) is 4.42 Å². The van der Waals surface area contributed by atoms with Crippen LogP contribution < -0.4 is 25.5 Å². The predicted molar refractivity (Wildman–Crippen MR) is 310 cm³/mol. The van der Waals surface area contributed by atoms with E-state index in [-0.39, 0.29) is 6.85 Å². The molecule has 0 amide bonds. The summed E-state index contributed by atoms with van der Waals surface area (Å²) in [7, 11) is 0. The summed E-state index contributed by atoms with van der Waals surface area (Å²) in [5.41, 5.74) is 23.2. The van der Waals surface area contributed by atoms with Crippen LogP contribution in [-0.4, -0.2) is 6.85 Å². The Balaban J connectivity index is 1.14. The van der Waals surface area contributed by atoms with Crippen LogP contribution in [0.4, 0.5) is 45.5 Å². The Morgan fingerprint density at radius 1 is 0.411 bits per heavy atom. The summed E-state index contributed by atoms with van der Waals surface area (Å²) < 4.78 is 6.76. The number of furan rings is 1. The third-order valence-electron chi connectivity index (χ3n) is 15.2. The Hall–Kier alpha value is -8.54. The molecule has 11 aromatic rings. The molecule has 5 heteroatoms. The number of hydrogen-bond acceptors (Lipinski definition) is 4. The monoisotopic (exact) mass is 941 g/mol. The molecule has 0 atom stereocenters. The molecule has 0 bridgehead atoms. The Labute approximate surface area is 429 Å². The molecule has 2 aliphatic rings. The molecule has 0 fully saturated rings. The SMILES string of the molecule is CCCCc1ccc(N(c2ccccc2)c2ccc3c(c2)B2c4c(cc(-c5ccccc5)cc4N3c3ccc(CCCC)cc3-c3ccccc3)-c3cc4c(cc3N2c2ccccc2)oc2ccccc24)cc1. The first-order chi connectivity index (χ1) is 36.1. The highest BCUT2D eigenvalue weighted by Crippen LogP contribution is 2.52. The molecule has 73 heavy (non-hydrogen) atoms. The molecule has 10 aromatic carbocycles. The minimum absolute atomic E-state index is 0.226. The van der Waals surface area contributed by atoms with E-state index in [9.17, 15) is 0 Å². The van der Waals surface area contributed by atoms with Gasteiger partial charge in [0.1, 0.15) is 11.2 Å². The first-order valence-electron chi connectivity index (χ1n) is 26.2. The van der Waals surface area contributed by atoms with E-state index in [1.807, 2.05) is 0 Å². The van der Waals surface area contributed by atoms with E-state index < -0.39 is 0 Å². The Morgan fingerprint density at radius 2 is 1.03 bits per heavy atom. The maximum atomic E-state index is 6.76. The average molecular weight is 942 g/mol. The van der Waals surface area contributed by atoms with E-state index >= 15 is 0 Å². The molecular weight excluding hydrogens is 886 g/mol. The second-order valence-electron chi connectivity index (χ2n) is 19.7. The third kappa shape index (κ3) is 7.88. The summed E-state index contributed by atoms with van der Waals surface area (Å²) in [4.78, 5) is 7.63.